The summed E-state index contributed by atoms with van der Waals surface area (Å²) in [6, 6.07) is 5.11. The quantitative estimate of drug-likeness (QED) is 0.705. The molecule has 0 spiro atoms. The van der Waals surface area contributed by atoms with Gasteiger partial charge in [-0.25, -0.2) is 0 Å². The highest BCUT2D eigenvalue weighted by molar-refractivity contribution is 7.85. The zero-order valence-electron chi connectivity index (χ0n) is 13.6. The molecule has 0 aliphatic heterocycles. The first-order chi connectivity index (χ1) is 9.84. The van der Waals surface area contributed by atoms with Crippen LogP contribution in [0.3, 0.4) is 0 Å². The van der Waals surface area contributed by atoms with Crippen LogP contribution in [0.2, 0.25) is 0 Å². The van der Waals surface area contributed by atoms with E-state index in [0.717, 1.165) is 44.1 Å². The van der Waals surface area contributed by atoms with Crippen LogP contribution in [0, 0.1) is 0 Å². The second kappa shape index (κ2) is 7.41. The van der Waals surface area contributed by atoms with E-state index in [4.69, 9.17) is 0 Å². The molecule has 0 aliphatic rings. The van der Waals surface area contributed by atoms with Crippen LogP contribution in [0.5, 0.6) is 0 Å². The molecule has 0 saturated carbocycles. The zero-order valence-corrected chi connectivity index (χ0v) is 14.5. The number of benzene rings is 1. The summed E-state index contributed by atoms with van der Waals surface area (Å²) in [6.07, 6.45) is 6.04. The smallest absolute Gasteiger partial charge is 0.282 e. The van der Waals surface area contributed by atoms with Gasteiger partial charge in [-0.3, -0.25) is 4.55 Å². The van der Waals surface area contributed by atoms with Crippen molar-refractivity contribution in [3.8, 4) is 0 Å². The Balaban J connectivity index is 3.43. The van der Waals surface area contributed by atoms with E-state index < -0.39 is 10.1 Å². The van der Waals surface area contributed by atoms with Crippen molar-refractivity contribution in [1.29, 1.82) is 0 Å². The summed E-state index contributed by atoms with van der Waals surface area (Å²) in [5.41, 5.74) is 2.41. The van der Waals surface area contributed by atoms with Gasteiger partial charge < -0.3 is 0 Å². The van der Waals surface area contributed by atoms with Gasteiger partial charge in [0, 0.05) is 0 Å². The Labute approximate surface area is 129 Å². The molecule has 0 radical (unpaired) electrons. The van der Waals surface area contributed by atoms with Gasteiger partial charge in [-0.1, -0.05) is 40.2 Å². The van der Waals surface area contributed by atoms with E-state index in [2.05, 4.69) is 27.7 Å². The fraction of sp³-hybridized carbons (Fsp3) is 0.647. The SMILES string of the molecule is CCCCc1cc(S(=O)(=O)O)ccc1C(CC)(CC)CC. The Kier molecular flexibility index (Phi) is 6.41. The van der Waals surface area contributed by atoms with Gasteiger partial charge in [0.05, 0.1) is 4.90 Å². The maximum atomic E-state index is 11.4. The predicted octanol–water partition coefficient (Wildman–Crippen LogP) is 4.74. The van der Waals surface area contributed by atoms with Crippen molar-refractivity contribution >= 4 is 10.1 Å². The molecule has 0 atom stereocenters. The minimum atomic E-state index is -4.13. The fourth-order valence-electron chi connectivity index (χ4n) is 3.14. The Morgan fingerprint density at radius 1 is 1.05 bits per heavy atom. The largest absolute Gasteiger partial charge is 0.294 e. The van der Waals surface area contributed by atoms with Crippen molar-refractivity contribution in [2.75, 3.05) is 0 Å². The summed E-state index contributed by atoms with van der Waals surface area (Å²) in [6.45, 7) is 8.69. The Hall–Kier alpha value is -0.870. The summed E-state index contributed by atoms with van der Waals surface area (Å²) in [7, 11) is -4.13. The third-order valence-corrected chi connectivity index (χ3v) is 5.63. The van der Waals surface area contributed by atoms with Gasteiger partial charge in [-0.05, 0) is 60.8 Å². The number of rotatable bonds is 8. The summed E-state index contributed by atoms with van der Waals surface area (Å²) in [5, 5.41) is 0. The summed E-state index contributed by atoms with van der Waals surface area (Å²) >= 11 is 0. The first kappa shape index (κ1) is 18.2. The molecule has 0 unspecified atom stereocenters. The van der Waals surface area contributed by atoms with Crippen molar-refractivity contribution in [2.45, 2.75) is 76.5 Å². The molecule has 4 heteroatoms. The Bertz CT molecular complexity index is 549. The van der Waals surface area contributed by atoms with Crippen LogP contribution in [0.4, 0.5) is 0 Å². The van der Waals surface area contributed by atoms with E-state index >= 15 is 0 Å². The van der Waals surface area contributed by atoms with Crippen molar-refractivity contribution in [3.05, 3.63) is 29.3 Å². The van der Waals surface area contributed by atoms with Crippen LogP contribution in [-0.2, 0) is 22.0 Å². The molecule has 0 fully saturated rings. The highest BCUT2D eigenvalue weighted by atomic mass is 32.2. The van der Waals surface area contributed by atoms with E-state index in [0.29, 0.717) is 0 Å². The number of aryl methyl sites for hydroxylation is 1. The average molecular weight is 312 g/mol. The third kappa shape index (κ3) is 4.07. The molecule has 0 bridgehead atoms. The molecule has 21 heavy (non-hydrogen) atoms. The van der Waals surface area contributed by atoms with Crippen molar-refractivity contribution in [1.82, 2.24) is 0 Å². The molecule has 1 aromatic rings. The molecule has 1 aromatic carbocycles. The summed E-state index contributed by atoms with van der Waals surface area (Å²) in [5.74, 6) is 0. The average Bonchev–Trinajstić information content (AvgIpc) is 2.47. The molecule has 0 aliphatic carbocycles. The first-order valence-electron chi connectivity index (χ1n) is 7.95. The molecule has 0 saturated heterocycles. The normalized spacial score (nSPS) is 12.6. The van der Waals surface area contributed by atoms with E-state index in [9.17, 15) is 13.0 Å². The molecule has 0 heterocycles. The van der Waals surface area contributed by atoms with Gasteiger partial charge in [-0.15, -0.1) is 0 Å². The van der Waals surface area contributed by atoms with E-state index in [-0.39, 0.29) is 10.3 Å². The van der Waals surface area contributed by atoms with Crippen LogP contribution in [-0.4, -0.2) is 13.0 Å². The minimum absolute atomic E-state index is 0.00885. The lowest BCUT2D eigenvalue weighted by atomic mass is 9.71. The van der Waals surface area contributed by atoms with E-state index in [1.807, 2.05) is 6.07 Å². The van der Waals surface area contributed by atoms with E-state index in [1.165, 1.54) is 11.6 Å². The molecule has 120 valence electrons. The Morgan fingerprint density at radius 2 is 1.62 bits per heavy atom. The highest BCUT2D eigenvalue weighted by Gasteiger charge is 2.29. The summed E-state index contributed by atoms with van der Waals surface area (Å²) < 4.78 is 32.0. The van der Waals surface area contributed by atoms with Gasteiger partial charge in [0.15, 0.2) is 0 Å². The molecular formula is C17H28O3S. The highest BCUT2D eigenvalue weighted by Crippen LogP contribution is 2.38. The van der Waals surface area contributed by atoms with E-state index in [1.54, 1.807) is 6.07 Å². The van der Waals surface area contributed by atoms with Crippen molar-refractivity contribution < 1.29 is 13.0 Å². The van der Waals surface area contributed by atoms with Gasteiger partial charge in [-0.2, -0.15) is 8.42 Å². The predicted molar refractivity (Wildman–Crippen MR) is 87.4 cm³/mol. The van der Waals surface area contributed by atoms with Gasteiger partial charge in [0.25, 0.3) is 10.1 Å². The summed E-state index contributed by atoms with van der Waals surface area (Å²) in [4.78, 5) is 0.00885. The third-order valence-electron chi connectivity index (χ3n) is 4.78. The van der Waals surface area contributed by atoms with Gasteiger partial charge in [0.2, 0.25) is 0 Å². The van der Waals surface area contributed by atoms with Gasteiger partial charge in [0.1, 0.15) is 0 Å². The van der Waals surface area contributed by atoms with Gasteiger partial charge >= 0.3 is 0 Å². The lowest BCUT2D eigenvalue weighted by molar-refractivity contribution is 0.378. The second-order valence-electron chi connectivity index (χ2n) is 5.74. The molecule has 0 aromatic heterocycles. The number of hydrogen-bond acceptors (Lipinski definition) is 2. The van der Waals surface area contributed by atoms with Crippen LogP contribution in [0.15, 0.2) is 23.1 Å². The van der Waals surface area contributed by atoms with Crippen LogP contribution in [0.1, 0.15) is 70.9 Å². The topological polar surface area (TPSA) is 54.4 Å². The fourth-order valence-corrected chi connectivity index (χ4v) is 3.67. The second-order valence-corrected chi connectivity index (χ2v) is 7.16. The lowest BCUT2D eigenvalue weighted by Gasteiger charge is -2.33. The maximum Gasteiger partial charge on any atom is 0.294 e. The van der Waals surface area contributed by atoms with Crippen LogP contribution < -0.4 is 0 Å². The lowest BCUT2D eigenvalue weighted by Crippen LogP contribution is -2.25. The molecule has 1 rings (SSSR count). The Morgan fingerprint density at radius 3 is 2.05 bits per heavy atom. The molecular weight excluding hydrogens is 284 g/mol. The standard InChI is InChI=1S/C17H28O3S/c1-5-9-10-14-13-15(21(18,19)20)11-12-16(14)17(6-2,7-3)8-4/h11-13H,5-10H2,1-4H3,(H,18,19,20). The number of unbranched alkanes of at least 4 members (excludes halogenated alkanes) is 1. The molecule has 0 amide bonds. The van der Waals surface area contributed by atoms with Crippen LogP contribution in [0.25, 0.3) is 0 Å². The minimum Gasteiger partial charge on any atom is -0.282 e. The number of hydrogen-bond donors (Lipinski definition) is 1. The molecule has 3 nitrogen and oxygen atoms in total. The van der Waals surface area contributed by atoms with Crippen molar-refractivity contribution in [2.24, 2.45) is 0 Å². The van der Waals surface area contributed by atoms with Crippen LogP contribution >= 0.6 is 0 Å². The first-order valence-corrected chi connectivity index (χ1v) is 9.39. The monoisotopic (exact) mass is 312 g/mol. The molecule has 1 N–H and O–H groups in total. The zero-order chi connectivity index (χ0) is 16.1. The maximum absolute atomic E-state index is 11.4. The van der Waals surface area contributed by atoms with Crippen molar-refractivity contribution in [3.63, 3.8) is 0 Å².